The Labute approximate surface area is 160 Å². The van der Waals surface area contributed by atoms with Crippen molar-refractivity contribution >= 4 is 12.0 Å². The van der Waals surface area contributed by atoms with Crippen molar-refractivity contribution in [3.8, 4) is 11.5 Å². The summed E-state index contributed by atoms with van der Waals surface area (Å²) in [6.45, 7) is 2.99. The number of benzene rings is 2. The number of carbonyl (C=O) groups excluding carboxylic acids is 1. The molecule has 2 heterocycles. The van der Waals surface area contributed by atoms with Crippen molar-refractivity contribution in [3.05, 3.63) is 65.7 Å². The van der Waals surface area contributed by atoms with Crippen LogP contribution in [0.2, 0.25) is 0 Å². The third-order valence-corrected chi connectivity index (χ3v) is 5.19. The molecule has 1 atom stereocenters. The molecule has 4 heteroatoms. The van der Waals surface area contributed by atoms with E-state index in [1.807, 2.05) is 53.4 Å². The first-order chi connectivity index (χ1) is 13.3. The molecule has 0 spiro atoms. The van der Waals surface area contributed by atoms with Gasteiger partial charge in [0.15, 0.2) is 0 Å². The van der Waals surface area contributed by atoms with Crippen LogP contribution >= 0.6 is 0 Å². The molecule has 27 heavy (non-hydrogen) atoms. The molecule has 2 aliphatic rings. The zero-order valence-corrected chi connectivity index (χ0v) is 15.5. The molecule has 1 unspecified atom stereocenters. The number of ether oxygens (including phenoxy) is 2. The van der Waals surface area contributed by atoms with E-state index in [1.54, 1.807) is 6.08 Å². The predicted octanol–water partition coefficient (Wildman–Crippen LogP) is 3.95. The van der Waals surface area contributed by atoms with Crippen LogP contribution in [0.25, 0.3) is 6.08 Å². The average Bonchev–Trinajstić information content (AvgIpc) is 3.19. The highest BCUT2D eigenvalue weighted by atomic mass is 16.5. The molecule has 1 fully saturated rings. The molecule has 0 aromatic heterocycles. The Balaban J connectivity index is 1.31. The van der Waals surface area contributed by atoms with Gasteiger partial charge < -0.3 is 14.4 Å². The molecule has 0 aliphatic carbocycles. The standard InChI is InChI=1S/C23H25NO3/c25-23(11-9-18-8-10-22-20(15-18)12-14-26-22)24-13-4-5-19(16-24)17-27-21-6-2-1-3-7-21/h1-3,6-11,15,19H,4-5,12-14,16-17H2/b11-9+. The number of nitrogens with zero attached hydrogens (tertiary/aromatic N) is 1. The molecule has 2 aromatic carbocycles. The smallest absolute Gasteiger partial charge is 0.246 e. The monoisotopic (exact) mass is 363 g/mol. The first kappa shape index (κ1) is 17.7. The van der Waals surface area contributed by atoms with E-state index in [4.69, 9.17) is 9.47 Å². The first-order valence-corrected chi connectivity index (χ1v) is 9.68. The van der Waals surface area contributed by atoms with Crippen molar-refractivity contribution in [2.24, 2.45) is 5.92 Å². The first-order valence-electron chi connectivity index (χ1n) is 9.68. The maximum Gasteiger partial charge on any atom is 0.246 e. The Morgan fingerprint density at radius 2 is 2.11 bits per heavy atom. The Kier molecular flexibility index (Phi) is 5.42. The maximum atomic E-state index is 12.6. The summed E-state index contributed by atoms with van der Waals surface area (Å²) in [6.07, 6.45) is 6.67. The molecule has 1 amide bonds. The Morgan fingerprint density at radius 1 is 1.22 bits per heavy atom. The molecule has 0 radical (unpaired) electrons. The van der Waals surface area contributed by atoms with Crippen molar-refractivity contribution < 1.29 is 14.3 Å². The Bertz CT molecular complexity index is 816. The van der Waals surface area contributed by atoms with Crippen LogP contribution in [0, 0.1) is 5.92 Å². The van der Waals surface area contributed by atoms with E-state index in [-0.39, 0.29) is 5.91 Å². The number of rotatable bonds is 5. The van der Waals surface area contributed by atoms with Crippen LogP contribution in [-0.2, 0) is 11.2 Å². The number of amides is 1. The van der Waals surface area contributed by atoms with Crippen molar-refractivity contribution in [2.75, 3.05) is 26.3 Å². The molecule has 0 saturated carbocycles. The summed E-state index contributed by atoms with van der Waals surface area (Å²) in [5.41, 5.74) is 2.27. The fourth-order valence-electron chi connectivity index (χ4n) is 3.72. The zero-order valence-electron chi connectivity index (χ0n) is 15.5. The van der Waals surface area contributed by atoms with Gasteiger partial charge in [-0.3, -0.25) is 4.79 Å². The lowest BCUT2D eigenvalue weighted by atomic mass is 9.99. The quantitative estimate of drug-likeness (QED) is 0.755. The van der Waals surface area contributed by atoms with E-state index in [0.717, 1.165) is 56.0 Å². The van der Waals surface area contributed by atoms with E-state index in [1.165, 1.54) is 5.56 Å². The lowest BCUT2D eigenvalue weighted by Crippen LogP contribution is -2.40. The molecular weight excluding hydrogens is 338 g/mol. The van der Waals surface area contributed by atoms with E-state index in [9.17, 15) is 4.79 Å². The molecule has 2 aromatic rings. The van der Waals surface area contributed by atoms with E-state index < -0.39 is 0 Å². The van der Waals surface area contributed by atoms with Gasteiger partial charge in [-0.2, -0.15) is 0 Å². The SMILES string of the molecule is O=C(/C=C/c1ccc2c(c1)CCO2)N1CCCC(COc2ccccc2)C1. The van der Waals surface area contributed by atoms with Crippen molar-refractivity contribution in [3.63, 3.8) is 0 Å². The highest BCUT2D eigenvalue weighted by Crippen LogP contribution is 2.26. The van der Waals surface area contributed by atoms with Gasteiger partial charge in [-0.15, -0.1) is 0 Å². The third-order valence-electron chi connectivity index (χ3n) is 5.19. The molecule has 4 rings (SSSR count). The minimum Gasteiger partial charge on any atom is -0.493 e. The number of carbonyl (C=O) groups is 1. The number of piperidine rings is 1. The zero-order chi connectivity index (χ0) is 18.5. The van der Waals surface area contributed by atoms with Crippen LogP contribution in [0.1, 0.15) is 24.0 Å². The highest BCUT2D eigenvalue weighted by molar-refractivity contribution is 5.91. The number of para-hydroxylation sites is 1. The van der Waals surface area contributed by atoms with Crippen molar-refractivity contribution in [1.29, 1.82) is 0 Å². The van der Waals surface area contributed by atoms with Gasteiger partial charge in [0.05, 0.1) is 13.2 Å². The summed E-state index contributed by atoms with van der Waals surface area (Å²) in [6, 6.07) is 16.0. The Hall–Kier alpha value is -2.75. The van der Waals surface area contributed by atoms with Gasteiger partial charge in [0.25, 0.3) is 0 Å². The average molecular weight is 363 g/mol. The summed E-state index contributed by atoms with van der Waals surface area (Å²) in [4.78, 5) is 14.5. The largest absolute Gasteiger partial charge is 0.493 e. The van der Waals surface area contributed by atoms with Gasteiger partial charge >= 0.3 is 0 Å². The van der Waals surface area contributed by atoms with Crippen molar-refractivity contribution in [2.45, 2.75) is 19.3 Å². The second-order valence-electron chi connectivity index (χ2n) is 7.22. The van der Waals surface area contributed by atoms with E-state index in [2.05, 4.69) is 6.07 Å². The fraction of sp³-hybridized carbons (Fsp3) is 0.348. The van der Waals surface area contributed by atoms with Crippen molar-refractivity contribution in [1.82, 2.24) is 4.90 Å². The van der Waals surface area contributed by atoms with Crippen LogP contribution in [0.15, 0.2) is 54.6 Å². The molecule has 0 bridgehead atoms. The van der Waals surface area contributed by atoms with E-state index >= 15 is 0 Å². The molecule has 0 N–H and O–H groups in total. The second-order valence-corrected chi connectivity index (χ2v) is 7.22. The maximum absolute atomic E-state index is 12.6. The third kappa shape index (κ3) is 4.51. The Morgan fingerprint density at radius 3 is 3.00 bits per heavy atom. The van der Waals surface area contributed by atoms with Gasteiger partial charge in [0, 0.05) is 31.5 Å². The number of likely N-dealkylation sites (tertiary alicyclic amines) is 1. The molecule has 1 saturated heterocycles. The summed E-state index contributed by atoms with van der Waals surface area (Å²) in [5, 5.41) is 0. The van der Waals surface area contributed by atoms with Gasteiger partial charge in [-0.25, -0.2) is 0 Å². The number of hydrogen-bond donors (Lipinski definition) is 0. The van der Waals surface area contributed by atoms with Gasteiger partial charge in [0.1, 0.15) is 11.5 Å². The second kappa shape index (κ2) is 8.30. The van der Waals surface area contributed by atoms with Crippen LogP contribution in [0.5, 0.6) is 11.5 Å². The van der Waals surface area contributed by atoms with Gasteiger partial charge in [0.2, 0.25) is 5.91 Å². The fourth-order valence-corrected chi connectivity index (χ4v) is 3.72. The van der Waals surface area contributed by atoms with Crippen LogP contribution in [-0.4, -0.2) is 37.1 Å². The lowest BCUT2D eigenvalue weighted by molar-refractivity contribution is -0.127. The minimum absolute atomic E-state index is 0.0798. The van der Waals surface area contributed by atoms with E-state index in [0.29, 0.717) is 12.5 Å². The van der Waals surface area contributed by atoms with Crippen LogP contribution < -0.4 is 9.47 Å². The predicted molar refractivity (Wildman–Crippen MR) is 106 cm³/mol. The number of hydrogen-bond acceptors (Lipinski definition) is 3. The summed E-state index contributed by atoms with van der Waals surface area (Å²) in [5.74, 6) is 2.32. The summed E-state index contributed by atoms with van der Waals surface area (Å²) in [7, 11) is 0. The summed E-state index contributed by atoms with van der Waals surface area (Å²) < 4.78 is 11.4. The topological polar surface area (TPSA) is 38.8 Å². The van der Waals surface area contributed by atoms with Gasteiger partial charge in [-0.1, -0.05) is 24.3 Å². The normalized spacial score (nSPS) is 19.0. The van der Waals surface area contributed by atoms with Gasteiger partial charge in [-0.05, 0) is 54.3 Å². The number of fused-ring (bicyclic) bond motifs is 1. The van der Waals surface area contributed by atoms with Crippen LogP contribution in [0.3, 0.4) is 0 Å². The van der Waals surface area contributed by atoms with Crippen LogP contribution in [0.4, 0.5) is 0 Å². The molecule has 2 aliphatic heterocycles. The lowest BCUT2D eigenvalue weighted by Gasteiger charge is -2.32. The molecular formula is C23H25NO3. The highest BCUT2D eigenvalue weighted by Gasteiger charge is 2.23. The molecule has 140 valence electrons. The minimum atomic E-state index is 0.0798. The summed E-state index contributed by atoms with van der Waals surface area (Å²) >= 11 is 0. The molecule has 4 nitrogen and oxygen atoms in total.